The van der Waals surface area contributed by atoms with E-state index in [9.17, 15) is 4.79 Å². The molecule has 152 valence electrons. The zero-order valence-electron chi connectivity index (χ0n) is 16.8. The summed E-state index contributed by atoms with van der Waals surface area (Å²) < 4.78 is 7.68. The minimum atomic E-state index is -0.0985. The quantitative estimate of drug-likeness (QED) is 0.621. The fraction of sp³-hybridized carbons (Fsp3) is 0.409. The van der Waals surface area contributed by atoms with Crippen LogP contribution in [0.4, 0.5) is 5.69 Å². The van der Waals surface area contributed by atoms with E-state index >= 15 is 0 Å². The van der Waals surface area contributed by atoms with Crippen molar-refractivity contribution in [3.05, 3.63) is 42.6 Å². The van der Waals surface area contributed by atoms with Crippen LogP contribution in [0.2, 0.25) is 0 Å². The van der Waals surface area contributed by atoms with Gasteiger partial charge >= 0.3 is 0 Å². The number of rotatable bonds is 7. The molecule has 1 fully saturated rings. The van der Waals surface area contributed by atoms with Gasteiger partial charge in [-0.3, -0.25) is 4.79 Å². The number of nitrogens with one attached hydrogen (secondary N) is 1. The minimum absolute atomic E-state index is 0.0985. The van der Waals surface area contributed by atoms with Gasteiger partial charge in [0.05, 0.1) is 18.5 Å². The molecule has 0 aliphatic carbocycles. The second-order valence-corrected chi connectivity index (χ2v) is 7.45. The summed E-state index contributed by atoms with van der Waals surface area (Å²) in [6, 6.07) is 11.4. The summed E-state index contributed by atoms with van der Waals surface area (Å²) in [7, 11) is 0. The standard InChI is InChI=1S/C22H27N5O2/c1-17(28)24-19-8-5-7-18(15-19)20-16-23-21-9-10-22(25-27(20)21)29-14-6-13-26-11-3-2-4-12-26/h5,7-10,15-16H,2-4,6,11-14H2,1H3,(H,24,28). The number of anilines is 1. The number of amides is 1. The van der Waals surface area contributed by atoms with Crippen molar-refractivity contribution in [3.8, 4) is 17.1 Å². The van der Waals surface area contributed by atoms with Gasteiger partial charge in [-0.1, -0.05) is 18.6 Å². The molecule has 1 aliphatic heterocycles. The molecule has 0 bridgehead atoms. The Morgan fingerprint density at radius 2 is 2.03 bits per heavy atom. The van der Waals surface area contributed by atoms with Crippen LogP contribution in [0, 0.1) is 0 Å². The Hall–Kier alpha value is -2.93. The molecule has 0 saturated carbocycles. The summed E-state index contributed by atoms with van der Waals surface area (Å²) in [4.78, 5) is 18.3. The average molecular weight is 393 g/mol. The van der Waals surface area contributed by atoms with E-state index in [4.69, 9.17) is 4.74 Å². The predicted octanol–water partition coefficient (Wildman–Crippen LogP) is 3.61. The summed E-state index contributed by atoms with van der Waals surface area (Å²) in [6.07, 6.45) is 6.76. The number of imidazole rings is 1. The van der Waals surface area contributed by atoms with Gasteiger partial charge in [0.15, 0.2) is 5.65 Å². The highest BCUT2D eigenvalue weighted by molar-refractivity contribution is 5.89. The molecule has 1 aliphatic rings. The SMILES string of the molecule is CC(=O)Nc1cccc(-c2cnc3ccc(OCCCN4CCCCC4)nn23)c1. The summed E-state index contributed by atoms with van der Waals surface area (Å²) in [5.74, 6) is 0.493. The average Bonchev–Trinajstić information content (AvgIpc) is 3.15. The van der Waals surface area contributed by atoms with Gasteiger partial charge in [-0.2, -0.15) is 0 Å². The number of hydrogen-bond donors (Lipinski definition) is 1. The number of fused-ring (bicyclic) bond motifs is 1. The van der Waals surface area contributed by atoms with E-state index in [0.29, 0.717) is 12.5 Å². The van der Waals surface area contributed by atoms with Crippen LogP contribution in [-0.4, -0.2) is 51.6 Å². The first kappa shape index (κ1) is 19.4. The molecule has 0 unspecified atom stereocenters. The highest BCUT2D eigenvalue weighted by Crippen LogP contribution is 2.24. The number of carbonyl (C=O) groups excluding carboxylic acids is 1. The molecule has 1 saturated heterocycles. The Morgan fingerprint density at radius 1 is 1.17 bits per heavy atom. The van der Waals surface area contributed by atoms with E-state index in [-0.39, 0.29) is 5.91 Å². The lowest BCUT2D eigenvalue weighted by molar-refractivity contribution is -0.114. The number of nitrogens with zero attached hydrogens (tertiary/aromatic N) is 4. The van der Waals surface area contributed by atoms with Crippen LogP contribution < -0.4 is 10.1 Å². The zero-order chi connectivity index (χ0) is 20.1. The number of carbonyl (C=O) groups is 1. The second kappa shape index (κ2) is 9.05. The fourth-order valence-corrected chi connectivity index (χ4v) is 3.74. The maximum absolute atomic E-state index is 11.3. The maximum Gasteiger partial charge on any atom is 0.231 e. The van der Waals surface area contributed by atoms with Crippen molar-refractivity contribution in [1.29, 1.82) is 0 Å². The van der Waals surface area contributed by atoms with E-state index in [2.05, 4.69) is 20.3 Å². The van der Waals surface area contributed by atoms with Crippen LogP contribution in [0.1, 0.15) is 32.6 Å². The van der Waals surface area contributed by atoms with Gasteiger partial charge in [-0.25, -0.2) is 9.50 Å². The Labute approximate surface area is 170 Å². The Balaban J connectivity index is 1.44. The molecule has 29 heavy (non-hydrogen) atoms. The first-order chi connectivity index (χ1) is 14.2. The molecule has 3 heterocycles. The number of ether oxygens (including phenoxy) is 1. The van der Waals surface area contributed by atoms with E-state index in [1.807, 2.05) is 36.4 Å². The van der Waals surface area contributed by atoms with Crippen molar-refractivity contribution in [1.82, 2.24) is 19.5 Å². The molecule has 0 radical (unpaired) electrons. The number of piperidine rings is 1. The smallest absolute Gasteiger partial charge is 0.231 e. The van der Waals surface area contributed by atoms with Crippen molar-refractivity contribution < 1.29 is 9.53 Å². The van der Waals surface area contributed by atoms with Crippen molar-refractivity contribution in [3.63, 3.8) is 0 Å². The molecule has 7 heteroatoms. The monoisotopic (exact) mass is 393 g/mol. The third kappa shape index (κ3) is 4.92. The van der Waals surface area contributed by atoms with Crippen LogP contribution in [0.25, 0.3) is 16.9 Å². The number of likely N-dealkylation sites (tertiary alicyclic amines) is 1. The number of aromatic nitrogens is 3. The van der Waals surface area contributed by atoms with Crippen LogP contribution >= 0.6 is 0 Å². The zero-order valence-corrected chi connectivity index (χ0v) is 16.8. The summed E-state index contributed by atoms with van der Waals surface area (Å²) in [6.45, 7) is 5.64. The van der Waals surface area contributed by atoms with Crippen molar-refractivity contribution >= 4 is 17.2 Å². The first-order valence-electron chi connectivity index (χ1n) is 10.3. The number of hydrogen-bond acceptors (Lipinski definition) is 5. The normalized spacial score (nSPS) is 14.8. The lowest BCUT2D eigenvalue weighted by Gasteiger charge is -2.26. The van der Waals surface area contributed by atoms with Crippen LogP contribution in [0.15, 0.2) is 42.6 Å². The number of benzene rings is 1. The summed E-state index contributed by atoms with van der Waals surface area (Å²) in [5, 5.41) is 7.43. The van der Waals surface area contributed by atoms with Gasteiger partial charge in [0, 0.05) is 30.8 Å². The van der Waals surface area contributed by atoms with E-state index in [1.165, 1.54) is 39.3 Å². The van der Waals surface area contributed by atoms with Gasteiger partial charge in [0.1, 0.15) is 0 Å². The largest absolute Gasteiger partial charge is 0.477 e. The van der Waals surface area contributed by atoms with Crippen molar-refractivity contribution in [2.45, 2.75) is 32.6 Å². The predicted molar refractivity (Wildman–Crippen MR) is 113 cm³/mol. The Kier molecular flexibility index (Phi) is 6.05. The molecular formula is C22H27N5O2. The minimum Gasteiger partial charge on any atom is -0.477 e. The lowest BCUT2D eigenvalue weighted by Crippen LogP contribution is -2.31. The van der Waals surface area contributed by atoms with Gasteiger partial charge in [0.2, 0.25) is 11.8 Å². The summed E-state index contributed by atoms with van der Waals surface area (Å²) in [5.41, 5.74) is 3.28. The third-order valence-corrected chi connectivity index (χ3v) is 5.13. The fourth-order valence-electron chi connectivity index (χ4n) is 3.74. The highest BCUT2D eigenvalue weighted by Gasteiger charge is 2.11. The highest BCUT2D eigenvalue weighted by atomic mass is 16.5. The molecule has 1 amide bonds. The second-order valence-electron chi connectivity index (χ2n) is 7.45. The molecule has 1 N–H and O–H groups in total. The Bertz CT molecular complexity index is 978. The van der Waals surface area contributed by atoms with E-state index < -0.39 is 0 Å². The van der Waals surface area contributed by atoms with E-state index in [1.54, 1.807) is 10.7 Å². The van der Waals surface area contributed by atoms with Gasteiger partial charge < -0.3 is 15.0 Å². The molecule has 2 aromatic heterocycles. The maximum atomic E-state index is 11.3. The molecule has 3 aromatic rings. The molecule has 0 atom stereocenters. The van der Waals surface area contributed by atoms with Gasteiger partial charge in [0.25, 0.3) is 0 Å². The van der Waals surface area contributed by atoms with Gasteiger partial charge in [-0.15, -0.1) is 5.10 Å². The molecule has 1 aromatic carbocycles. The summed E-state index contributed by atoms with van der Waals surface area (Å²) >= 11 is 0. The molecule has 4 rings (SSSR count). The third-order valence-electron chi connectivity index (χ3n) is 5.13. The van der Waals surface area contributed by atoms with E-state index in [0.717, 1.165) is 35.6 Å². The first-order valence-corrected chi connectivity index (χ1v) is 10.3. The van der Waals surface area contributed by atoms with Gasteiger partial charge in [-0.05, 0) is 50.6 Å². The van der Waals surface area contributed by atoms with Crippen LogP contribution in [0.5, 0.6) is 5.88 Å². The van der Waals surface area contributed by atoms with Crippen molar-refractivity contribution in [2.24, 2.45) is 0 Å². The van der Waals surface area contributed by atoms with Crippen molar-refractivity contribution in [2.75, 3.05) is 31.6 Å². The Morgan fingerprint density at radius 3 is 2.86 bits per heavy atom. The molecular weight excluding hydrogens is 366 g/mol. The van der Waals surface area contributed by atoms with Crippen LogP contribution in [0.3, 0.4) is 0 Å². The lowest BCUT2D eigenvalue weighted by atomic mass is 10.1. The van der Waals surface area contributed by atoms with Crippen LogP contribution in [-0.2, 0) is 4.79 Å². The topological polar surface area (TPSA) is 71.8 Å². The molecule has 0 spiro atoms. The molecule has 7 nitrogen and oxygen atoms in total.